The minimum Gasteiger partial charge on any atom is -0.309 e. The molecular formula is C24H41N3. The van der Waals surface area contributed by atoms with E-state index in [-0.39, 0.29) is 0 Å². The second-order valence-electron chi connectivity index (χ2n) is 12.3. The van der Waals surface area contributed by atoms with Gasteiger partial charge in [-0.2, -0.15) is 0 Å². The molecule has 0 radical (unpaired) electrons. The van der Waals surface area contributed by atoms with Crippen LogP contribution in [0.2, 0.25) is 0 Å². The smallest absolute Gasteiger partial charge is 0.0311 e. The van der Waals surface area contributed by atoms with Crippen molar-refractivity contribution in [1.82, 2.24) is 15.5 Å². The van der Waals surface area contributed by atoms with Crippen molar-refractivity contribution in [3.8, 4) is 0 Å². The maximum Gasteiger partial charge on any atom is 0.0311 e. The molecule has 6 fully saturated rings. The van der Waals surface area contributed by atoms with Gasteiger partial charge in [-0.25, -0.2) is 0 Å². The summed E-state index contributed by atoms with van der Waals surface area (Å²) >= 11 is 0. The van der Waals surface area contributed by atoms with Crippen LogP contribution in [0.1, 0.15) is 90.4 Å². The Morgan fingerprint density at radius 3 is 2.78 bits per heavy atom. The van der Waals surface area contributed by atoms with Crippen LogP contribution in [0.3, 0.4) is 0 Å². The maximum atomic E-state index is 4.14. The fourth-order valence-corrected chi connectivity index (χ4v) is 8.97. The van der Waals surface area contributed by atoms with Crippen LogP contribution in [-0.4, -0.2) is 47.7 Å². The van der Waals surface area contributed by atoms with E-state index in [4.69, 9.17) is 0 Å². The van der Waals surface area contributed by atoms with E-state index in [1.54, 1.807) is 0 Å². The van der Waals surface area contributed by atoms with Crippen molar-refractivity contribution < 1.29 is 0 Å². The average Bonchev–Trinajstić information content (AvgIpc) is 3.18. The topological polar surface area (TPSA) is 27.3 Å². The lowest BCUT2D eigenvalue weighted by molar-refractivity contribution is 0.0454. The van der Waals surface area contributed by atoms with Gasteiger partial charge in [-0.15, -0.1) is 0 Å². The fraction of sp³-hybridized carbons (Fsp3) is 1.00. The molecule has 6 bridgehead atoms. The molecule has 6 rings (SSSR count). The molecule has 7 unspecified atom stereocenters. The summed E-state index contributed by atoms with van der Waals surface area (Å²) in [5.41, 5.74) is 1.59. The Labute approximate surface area is 166 Å². The summed E-state index contributed by atoms with van der Waals surface area (Å²) in [5.74, 6) is 2.02. The molecule has 2 aliphatic carbocycles. The van der Waals surface area contributed by atoms with Crippen molar-refractivity contribution in [3.63, 3.8) is 0 Å². The molecule has 0 aromatic carbocycles. The molecule has 2 N–H and O–H groups in total. The van der Waals surface area contributed by atoms with Crippen LogP contribution < -0.4 is 10.6 Å². The van der Waals surface area contributed by atoms with Crippen LogP contribution >= 0.6 is 0 Å². The predicted molar refractivity (Wildman–Crippen MR) is 111 cm³/mol. The number of nitrogens with one attached hydrogen (secondary N) is 2. The molecule has 27 heavy (non-hydrogen) atoms. The number of hydrogen-bond donors (Lipinski definition) is 2. The van der Waals surface area contributed by atoms with Crippen LogP contribution in [-0.2, 0) is 0 Å². The summed E-state index contributed by atoms with van der Waals surface area (Å²) in [6.07, 6.45) is 19.0. The maximum absolute atomic E-state index is 4.14. The Hall–Kier alpha value is -0.120. The number of piperidine rings is 3. The fourth-order valence-electron chi connectivity index (χ4n) is 8.97. The van der Waals surface area contributed by atoms with Crippen molar-refractivity contribution in [1.29, 1.82) is 0 Å². The number of fused-ring (bicyclic) bond motifs is 6. The Morgan fingerprint density at radius 1 is 0.926 bits per heavy atom. The Bertz CT molecular complexity index is 588. The lowest BCUT2D eigenvalue weighted by Crippen LogP contribution is -2.57. The van der Waals surface area contributed by atoms with E-state index in [0.29, 0.717) is 16.5 Å². The van der Waals surface area contributed by atoms with Crippen LogP contribution in [0.15, 0.2) is 0 Å². The van der Waals surface area contributed by atoms with E-state index in [0.717, 1.165) is 23.9 Å². The second kappa shape index (κ2) is 6.19. The predicted octanol–water partition coefficient (Wildman–Crippen LogP) is 4.07. The highest BCUT2D eigenvalue weighted by atomic mass is 15.2. The molecule has 2 saturated carbocycles. The van der Waals surface area contributed by atoms with Gasteiger partial charge in [0.1, 0.15) is 0 Å². The van der Waals surface area contributed by atoms with Crippen LogP contribution in [0.5, 0.6) is 0 Å². The summed E-state index contributed by atoms with van der Waals surface area (Å²) < 4.78 is 0. The average molecular weight is 372 g/mol. The first-order valence-electron chi connectivity index (χ1n) is 12.3. The SMILES string of the molecule is CC12CCC(CC(CC34CCC(CN(CC56CCCC(CC5)N6)C3)C4)N1)C2. The minimum absolute atomic E-state index is 0.473. The van der Waals surface area contributed by atoms with Gasteiger partial charge in [0.15, 0.2) is 0 Å². The molecule has 3 heteroatoms. The van der Waals surface area contributed by atoms with Crippen LogP contribution in [0.4, 0.5) is 0 Å². The number of likely N-dealkylation sites (tertiary alicyclic amines) is 1. The van der Waals surface area contributed by atoms with Gasteiger partial charge in [0, 0.05) is 42.8 Å². The second-order valence-corrected chi connectivity index (χ2v) is 12.3. The van der Waals surface area contributed by atoms with Gasteiger partial charge in [0.2, 0.25) is 0 Å². The van der Waals surface area contributed by atoms with E-state index in [2.05, 4.69) is 22.5 Å². The Balaban J connectivity index is 1.14. The monoisotopic (exact) mass is 371 g/mol. The lowest BCUT2D eigenvalue weighted by Gasteiger charge is -2.48. The molecule has 4 saturated heterocycles. The van der Waals surface area contributed by atoms with Gasteiger partial charge in [-0.05, 0) is 101 Å². The molecule has 0 aromatic heterocycles. The zero-order chi connectivity index (χ0) is 18.1. The van der Waals surface area contributed by atoms with E-state index in [1.165, 1.54) is 103 Å². The third-order valence-corrected chi connectivity index (χ3v) is 9.79. The molecular weight excluding hydrogens is 330 g/mol. The molecule has 0 spiro atoms. The van der Waals surface area contributed by atoms with Crippen molar-refractivity contribution >= 4 is 0 Å². The first-order valence-corrected chi connectivity index (χ1v) is 12.3. The minimum atomic E-state index is 0.473. The highest BCUT2D eigenvalue weighted by molar-refractivity contribution is 5.07. The van der Waals surface area contributed by atoms with Gasteiger partial charge >= 0.3 is 0 Å². The molecule has 6 aliphatic rings. The Kier molecular flexibility index (Phi) is 4.06. The lowest BCUT2D eigenvalue weighted by atomic mass is 9.73. The van der Waals surface area contributed by atoms with Crippen LogP contribution in [0.25, 0.3) is 0 Å². The van der Waals surface area contributed by atoms with E-state index in [9.17, 15) is 0 Å². The summed E-state index contributed by atoms with van der Waals surface area (Å²) in [5, 5.41) is 8.20. The van der Waals surface area contributed by atoms with Gasteiger partial charge in [-0.3, -0.25) is 0 Å². The molecule has 152 valence electrons. The first-order chi connectivity index (χ1) is 13.0. The number of nitrogens with zero attached hydrogens (tertiary/aromatic N) is 1. The van der Waals surface area contributed by atoms with Gasteiger partial charge in [0.05, 0.1) is 0 Å². The number of hydrogen-bond acceptors (Lipinski definition) is 3. The van der Waals surface area contributed by atoms with Crippen molar-refractivity contribution in [2.45, 2.75) is 114 Å². The van der Waals surface area contributed by atoms with E-state index in [1.807, 2.05) is 0 Å². The summed E-state index contributed by atoms with van der Waals surface area (Å²) in [6.45, 7) is 6.65. The highest BCUT2D eigenvalue weighted by Gasteiger charge is 2.51. The van der Waals surface area contributed by atoms with Gasteiger partial charge in [-0.1, -0.05) is 6.42 Å². The van der Waals surface area contributed by atoms with Crippen LogP contribution in [0, 0.1) is 17.3 Å². The molecule has 4 heterocycles. The van der Waals surface area contributed by atoms with E-state index >= 15 is 0 Å². The van der Waals surface area contributed by atoms with Gasteiger partial charge in [0.25, 0.3) is 0 Å². The molecule has 7 atom stereocenters. The molecule has 4 aliphatic heterocycles. The molecule has 3 nitrogen and oxygen atoms in total. The third-order valence-electron chi connectivity index (χ3n) is 9.79. The Morgan fingerprint density at radius 2 is 1.85 bits per heavy atom. The van der Waals surface area contributed by atoms with Crippen molar-refractivity contribution in [2.24, 2.45) is 17.3 Å². The molecule has 0 amide bonds. The van der Waals surface area contributed by atoms with Crippen molar-refractivity contribution in [2.75, 3.05) is 19.6 Å². The summed E-state index contributed by atoms with van der Waals surface area (Å²) in [4.78, 5) is 2.93. The standard InChI is InChI=1S/C24H41N3/c1-22-8-4-18(12-22)11-21(25-22)14-23-9-5-19(13-23)15-27(16-23)17-24-7-2-3-20(26-24)6-10-24/h18-21,25-26H,2-17H2,1H3. The largest absolute Gasteiger partial charge is 0.309 e. The highest BCUT2D eigenvalue weighted by Crippen LogP contribution is 2.52. The summed E-state index contributed by atoms with van der Waals surface area (Å²) in [6, 6.07) is 1.65. The summed E-state index contributed by atoms with van der Waals surface area (Å²) in [7, 11) is 0. The first kappa shape index (κ1) is 17.7. The normalized spacial score (nSPS) is 54.6. The van der Waals surface area contributed by atoms with E-state index < -0.39 is 0 Å². The van der Waals surface area contributed by atoms with Gasteiger partial charge < -0.3 is 15.5 Å². The zero-order valence-electron chi connectivity index (χ0n) is 17.6. The zero-order valence-corrected chi connectivity index (χ0v) is 17.6. The third kappa shape index (κ3) is 3.20. The quantitative estimate of drug-likeness (QED) is 0.780. The molecule has 0 aromatic rings. The van der Waals surface area contributed by atoms with Crippen molar-refractivity contribution in [3.05, 3.63) is 0 Å². The number of rotatable bonds is 4.